The maximum Gasteiger partial charge on any atom is 0.162 e. The molecule has 0 amide bonds. The standard InChI is InChI=1S/C25H27N5O2/c1-15(18-5-4-6-19(9-18)20-12-26-27-13-20)28-25-21-10-24(32-14-17-7-8-17)23(31-3)11-22(21)29-16(2)30-25/h4-6,9-13,15,17H,7-8,14H2,1-3H3,(H,26,27)(H,28,29,30). The zero-order valence-corrected chi connectivity index (χ0v) is 18.6. The molecule has 1 atom stereocenters. The lowest BCUT2D eigenvalue weighted by atomic mass is 10.0. The van der Waals surface area contributed by atoms with Crippen molar-refractivity contribution in [3.05, 3.63) is 60.2 Å². The van der Waals surface area contributed by atoms with Crippen molar-refractivity contribution in [2.45, 2.75) is 32.7 Å². The van der Waals surface area contributed by atoms with Crippen LogP contribution in [0.15, 0.2) is 48.8 Å². The normalized spacial score (nSPS) is 14.3. The van der Waals surface area contributed by atoms with Crippen molar-refractivity contribution in [3.63, 3.8) is 0 Å². The van der Waals surface area contributed by atoms with Crippen LogP contribution < -0.4 is 14.8 Å². The first-order valence-corrected chi connectivity index (χ1v) is 11.0. The van der Waals surface area contributed by atoms with Crippen LogP contribution in [0.5, 0.6) is 11.5 Å². The van der Waals surface area contributed by atoms with E-state index in [1.807, 2.05) is 31.5 Å². The monoisotopic (exact) mass is 429 g/mol. The first-order valence-electron chi connectivity index (χ1n) is 11.0. The molecule has 1 unspecified atom stereocenters. The Hall–Kier alpha value is -3.61. The molecular formula is C25H27N5O2. The van der Waals surface area contributed by atoms with Gasteiger partial charge in [0.2, 0.25) is 0 Å². The number of methoxy groups -OCH3 is 1. The van der Waals surface area contributed by atoms with E-state index < -0.39 is 0 Å². The largest absolute Gasteiger partial charge is 0.493 e. The zero-order valence-electron chi connectivity index (χ0n) is 18.6. The van der Waals surface area contributed by atoms with E-state index in [4.69, 9.17) is 14.5 Å². The predicted octanol–water partition coefficient (Wildman–Crippen LogP) is 5.30. The third-order valence-corrected chi connectivity index (χ3v) is 5.84. The Morgan fingerprint density at radius 3 is 2.75 bits per heavy atom. The third kappa shape index (κ3) is 4.23. The highest BCUT2D eigenvalue weighted by atomic mass is 16.5. The number of rotatable bonds is 8. The van der Waals surface area contributed by atoms with Crippen molar-refractivity contribution in [1.82, 2.24) is 20.2 Å². The number of aromatic nitrogens is 4. The van der Waals surface area contributed by atoms with E-state index in [1.165, 1.54) is 12.8 Å². The van der Waals surface area contributed by atoms with Crippen molar-refractivity contribution in [3.8, 4) is 22.6 Å². The summed E-state index contributed by atoms with van der Waals surface area (Å²) in [6.45, 7) is 4.75. The molecule has 1 saturated carbocycles. The smallest absolute Gasteiger partial charge is 0.162 e. The first-order chi connectivity index (χ1) is 15.6. The van der Waals surface area contributed by atoms with Gasteiger partial charge in [-0.15, -0.1) is 0 Å². The lowest BCUT2D eigenvalue weighted by Gasteiger charge is -2.19. The van der Waals surface area contributed by atoms with Crippen LogP contribution in [0.2, 0.25) is 0 Å². The SMILES string of the molecule is COc1cc2nc(C)nc(NC(C)c3cccc(-c4cn[nH]c4)c3)c2cc1OCC1CC1. The Kier molecular flexibility index (Phi) is 5.39. The summed E-state index contributed by atoms with van der Waals surface area (Å²) >= 11 is 0. The summed E-state index contributed by atoms with van der Waals surface area (Å²) < 4.78 is 11.6. The first kappa shape index (κ1) is 20.3. The minimum atomic E-state index is 0.0392. The summed E-state index contributed by atoms with van der Waals surface area (Å²) in [6, 6.07) is 12.4. The third-order valence-electron chi connectivity index (χ3n) is 5.84. The Balaban J connectivity index is 1.47. The van der Waals surface area contributed by atoms with Gasteiger partial charge < -0.3 is 14.8 Å². The topological polar surface area (TPSA) is 85.0 Å². The van der Waals surface area contributed by atoms with Gasteiger partial charge in [0.25, 0.3) is 0 Å². The van der Waals surface area contributed by atoms with E-state index in [0.717, 1.165) is 39.2 Å². The van der Waals surface area contributed by atoms with Gasteiger partial charge in [-0.1, -0.05) is 18.2 Å². The van der Waals surface area contributed by atoms with Gasteiger partial charge >= 0.3 is 0 Å². The van der Waals surface area contributed by atoms with Crippen molar-refractivity contribution in [1.29, 1.82) is 0 Å². The molecule has 7 heteroatoms. The average Bonchev–Trinajstić information content (AvgIpc) is 3.47. The summed E-state index contributed by atoms with van der Waals surface area (Å²) in [6.07, 6.45) is 6.20. The van der Waals surface area contributed by atoms with Gasteiger partial charge in [-0.3, -0.25) is 5.10 Å². The fourth-order valence-electron chi connectivity index (χ4n) is 3.81. The number of hydrogen-bond acceptors (Lipinski definition) is 6. The van der Waals surface area contributed by atoms with Crippen molar-refractivity contribution in [2.75, 3.05) is 19.0 Å². The second-order valence-corrected chi connectivity index (χ2v) is 8.37. The predicted molar refractivity (Wildman–Crippen MR) is 125 cm³/mol. The summed E-state index contributed by atoms with van der Waals surface area (Å²) in [5, 5.41) is 11.4. The van der Waals surface area contributed by atoms with Gasteiger partial charge in [-0.25, -0.2) is 9.97 Å². The lowest BCUT2D eigenvalue weighted by molar-refractivity contribution is 0.281. The number of fused-ring (bicyclic) bond motifs is 1. The van der Waals surface area contributed by atoms with Gasteiger partial charge in [-0.05, 0) is 55.9 Å². The van der Waals surface area contributed by atoms with Crippen molar-refractivity contribution < 1.29 is 9.47 Å². The maximum absolute atomic E-state index is 6.07. The fraction of sp³-hybridized carbons (Fsp3) is 0.320. The van der Waals surface area contributed by atoms with Crippen LogP contribution in [0.3, 0.4) is 0 Å². The van der Waals surface area contributed by atoms with E-state index in [9.17, 15) is 0 Å². The lowest BCUT2D eigenvalue weighted by Crippen LogP contribution is -2.10. The van der Waals surface area contributed by atoms with Gasteiger partial charge in [0, 0.05) is 29.3 Å². The van der Waals surface area contributed by atoms with Crippen molar-refractivity contribution >= 4 is 16.7 Å². The molecule has 32 heavy (non-hydrogen) atoms. The zero-order chi connectivity index (χ0) is 22.1. The number of ether oxygens (including phenoxy) is 2. The number of benzene rings is 2. The molecule has 1 fully saturated rings. The van der Waals surface area contributed by atoms with Crippen molar-refractivity contribution in [2.24, 2.45) is 5.92 Å². The summed E-state index contributed by atoms with van der Waals surface area (Å²) in [4.78, 5) is 9.33. The molecule has 164 valence electrons. The summed E-state index contributed by atoms with van der Waals surface area (Å²) in [5.41, 5.74) is 4.17. The van der Waals surface area contributed by atoms with Gasteiger partial charge in [0.05, 0.1) is 25.4 Å². The molecule has 2 aromatic carbocycles. The number of nitrogens with one attached hydrogen (secondary N) is 2. The molecule has 0 saturated heterocycles. The van der Waals surface area contributed by atoms with Crippen LogP contribution in [0.1, 0.15) is 37.2 Å². The number of aromatic amines is 1. The molecule has 0 spiro atoms. The van der Waals surface area contributed by atoms with E-state index in [-0.39, 0.29) is 6.04 Å². The Bertz CT molecular complexity index is 1230. The second kappa shape index (κ2) is 8.49. The minimum absolute atomic E-state index is 0.0392. The molecule has 0 bridgehead atoms. The molecule has 7 nitrogen and oxygen atoms in total. The highest BCUT2D eigenvalue weighted by Gasteiger charge is 2.23. The molecule has 2 heterocycles. The molecule has 2 aromatic heterocycles. The Morgan fingerprint density at radius 1 is 1.12 bits per heavy atom. The number of anilines is 1. The van der Waals surface area contributed by atoms with Gasteiger partial charge in [0.1, 0.15) is 11.6 Å². The Morgan fingerprint density at radius 2 is 2.00 bits per heavy atom. The molecule has 1 aliphatic carbocycles. The maximum atomic E-state index is 6.07. The average molecular weight is 430 g/mol. The number of H-pyrrole nitrogens is 1. The van der Waals surface area contributed by atoms with Crippen LogP contribution in [-0.4, -0.2) is 33.9 Å². The molecule has 0 aliphatic heterocycles. The van der Waals surface area contributed by atoms with Crippen LogP contribution in [0, 0.1) is 12.8 Å². The van der Waals surface area contributed by atoms with E-state index >= 15 is 0 Å². The van der Waals surface area contributed by atoms with Gasteiger partial charge in [-0.2, -0.15) is 5.10 Å². The van der Waals surface area contributed by atoms with E-state index in [2.05, 4.69) is 51.7 Å². The van der Waals surface area contributed by atoms with Crippen LogP contribution >= 0.6 is 0 Å². The summed E-state index contributed by atoms with van der Waals surface area (Å²) in [7, 11) is 1.66. The van der Waals surface area contributed by atoms with E-state index in [1.54, 1.807) is 7.11 Å². The highest BCUT2D eigenvalue weighted by Crippen LogP contribution is 2.37. The van der Waals surface area contributed by atoms with Crippen LogP contribution in [0.4, 0.5) is 5.82 Å². The fourth-order valence-corrected chi connectivity index (χ4v) is 3.81. The minimum Gasteiger partial charge on any atom is -0.493 e. The quantitative estimate of drug-likeness (QED) is 0.395. The van der Waals surface area contributed by atoms with E-state index in [0.29, 0.717) is 24.1 Å². The van der Waals surface area contributed by atoms with Crippen LogP contribution in [0.25, 0.3) is 22.0 Å². The number of nitrogens with zero attached hydrogens (tertiary/aromatic N) is 3. The number of aryl methyl sites for hydroxylation is 1. The molecule has 2 N–H and O–H groups in total. The second-order valence-electron chi connectivity index (χ2n) is 8.37. The highest BCUT2D eigenvalue weighted by molar-refractivity contribution is 5.92. The van der Waals surface area contributed by atoms with Crippen LogP contribution in [-0.2, 0) is 0 Å². The molecule has 0 radical (unpaired) electrons. The molecular weight excluding hydrogens is 402 g/mol. The Labute approximate surface area is 187 Å². The molecule has 5 rings (SSSR count). The molecule has 1 aliphatic rings. The number of hydrogen-bond donors (Lipinski definition) is 2. The molecule has 4 aromatic rings. The van der Waals surface area contributed by atoms with Gasteiger partial charge in [0.15, 0.2) is 11.5 Å². The summed E-state index contributed by atoms with van der Waals surface area (Å²) in [5.74, 6) is 3.57.